The van der Waals surface area contributed by atoms with Gasteiger partial charge in [-0.05, 0) is 45.6 Å². The molecule has 2 atom stereocenters. The van der Waals surface area contributed by atoms with Crippen molar-refractivity contribution in [2.75, 3.05) is 6.61 Å². The summed E-state index contributed by atoms with van der Waals surface area (Å²) in [5, 5.41) is 5.13. The van der Waals surface area contributed by atoms with Crippen LogP contribution in [0, 0.1) is 5.92 Å². The molecule has 0 aromatic heterocycles. The van der Waals surface area contributed by atoms with Crippen molar-refractivity contribution >= 4 is 23.9 Å². The lowest BCUT2D eigenvalue weighted by Crippen LogP contribution is -2.54. The number of carbonyl (C=O) groups is 4. The Morgan fingerprint density at radius 2 is 1.61 bits per heavy atom. The number of ether oxygens (including phenoxy) is 3. The van der Waals surface area contributed by atoms with Gasteiger partial charge in [-0.2, -0.15) is 0 Å². The van der Waals surface area contributed by atoms with Crippen molar-refractivity contribution in [2.24, 2.45) is 5.92 Å². The first-order valence-corrected chi connectivity index (χ1v) is 11.1. The van der Waals surface area contributed by atoms with E-state index in [0.717, 1.165) is 5.56 Å². The van der Waals surface area contributed by atoms with Crippen LogP contribution in [0.4, 0.5) is 4.79 Å². The number of amides is 2. The van der Waals surface area contributed by atoms with Gasteiger partial charge in [-0.15, -0.1) is 0 Å². The van der Waals surface area contributed by atoms with Crippen LogP contribution in [0.1, 0.15) is 59.9 Å². The summed E-state index contributed by atoms with van der Waals surface area (Å²) in [7, 11) is 0. The first kappa shape index (κ1) is 27.9. The molecular formula is C24H36N2O7. The second-order valence-corrected chi connectivity index (χ2v) is 8.87. The minimum Gasteiger partial charge on any atom is -0.464 e. The molecule has 0 saturated heterocycles. The van der Waals surface area contributed by atoms with E-state index in [4.69, 9.17) is 14.2 Å². The highest BCUT2D eigenvalue weighted by Crippen LogP contribution is 2.12. The van der Waals surface area contributed by atoms with Gasteiger partial charge in [-0.25, -0.2) is 9.59 Å². The van der Waals surface area contributed by atoms with Gasteiger partial charge in [-0.3, -0.25) is 9.59 Å². The van der Waals surface area contributed by atoms with Crippen LogP contribution in [0.15, 0.2) is 30.3 Å². The Balaban J connectivity index is 2.75. The maximum atomic E-state index is 12.9. The summed E-state index contributed by atoms with van der Waals surface area (Å²) >= 11 is 0. The van der Waals surface area contributed by atoms with E-state index in [0.29, 0.717) is 0 Å². The largest absolute Gasteiger partial charge is 0.464 e. The summed E-state index contributed by atoms with van der Waals surface area (Å²) in [4.78, 5) is 49.5. The molecule has 1 rings (SSSR count). The number of hydrogen-bond donors (Lipinski definition) is 2. The molecule has 184 valence electrons. The topological polar surface area (TPSA) is 120 Å². The van der Waals surface area contributed by atoms with Crippen LogP contribution >= 0.6 is 0 Å². The average molecular weight is 465 g/mol. The number of benzene rings is 1. The van der Waals surface area contributed by atoms with Gasteiger partial charge in [0.15, 0.2) is 0 Å². The monoisotopic (exact) mass is 464 g/mol. The zero-order chi connectivity index (χ0) is 25.0. The van der Waals surface area contributed by atoms with Gasteiger partial charge in [0.1, 0.15) is 24.3 Å². The minimum absolute atomic E-state index is 0.00273. The van der Waals surface area contributed by atoms with Gasteiger partial charge in [0.05, 0.1) is 6.61 Å². The molecule has 0 unspecified atom stereocenters. The Morgan fingerprint density at radius 3 is 2.15 bits per heavy atom. The van der Waals surface area contributed by atoms with Crippen LogP contribution in [0.5, 0.6) is 0 Å². The summed E-state index contributed by atoms with van der Waals surface area (Å²) in [5.41, 5.74) is 0.148. The fourth-order valence-electron chi connectivity index (χ4n) is 2.83. The fraction of sp³-hybridized carbons (Fsp3) is 0.583. The van der Waals surface area contributed by atoms with Crippen molar-refractivity contribution in [1.82, 2.24) is 10.6 Å². The molecule has 1 aromatic carbocycles. The predicted molar refractivity (Wildman–Crippen MR) is 122 cm³/mol. The standard InChI is InChI=1S/C24H36N2O7/c1-7-31-22(29)18(13-14-19(27)33-24(4,5)6)25-21(28)20(16(2)3)26-23(30)32-15-17-11-9-8-10-12-17/h8-12,16,18,20H,7,13-15H2,1-6H3,(H,25,28)(H,26,30)/t18-,20+/m1/s1. The number of rotatable bonds is 11. The lowest BCUT2D eigenvalue weighted by molar-refractivity contribution is -0.155. The van der Waals surface area contributed by atoms with E-state index in [-0.39, 0.29) is 32.0 Å². The van der Waals surface area contributed by atoms with Crippen molar-refractivity contribution in [3.8, 4) is 0 Å². The average Bonchev–Trinajstić information content (AvgIpc) is 2.72. The Bertz CT molecular complexity index is 788. The molecule has 9 heteroatoms. The Hall–Kier alpha value is -3.10. The van der Waals surface area contributed by atoms with Crippen LogP contribution in [-0.2, 0) is 35.2 Å². The van der Waals surface area contributed by atoms with Crippen LogP contribution in [-0.4, -0.2) is 48.2 Å². The molecule has 0 saturated carbocycles. The molecule has 0 radical (unpaired) electrons. The molecule has 1 aromatic rings. The van der Waals surface area contributed by atoms with Crippen LogP contribution < -0.4 is 10.6 Å². The third-order valence-corrected chi connectivity index (χ3v) is 4.38. The molecule has 0 aliphatic heterocycles. The Labute approximate surface area is 195 Å². The minimum atomic E-state index is -1.06. The van der Waals surface area contributed by atoms with E-state index in [9.17, 15) is 19.2 Å². The van der Waals surface area contributed by atoms with Crippen LogP contribution in [0.25, 0.3) is 0 Å². The zero-order valence-corrected chi connectivity index (χ0v) is 20.3. The molecular weight excluding hydrogens is 428 g/mol. The molecule has 9 nitrogen and oxygen atoms in total. The number of alkyl carbamates (subject to hydrolysis) is 1. The highest BCUT2D eigenvalue weighted by atomic mass is 16.6. The highest BCUT2D eigenvalue weighted by molar-refractivity contribution is 5.90. The van der Waals surface area contributed by atoms with Crippen molar-refractivity contribution in [3.63, 3.8) is 0 Å². The molecule has 33 heavy (non-hydrogen) atoms. The Morgan fingerprint density at radius 1 is 0.970 bits per heavy atom. The summed E-state index contributed by atoms with van der Waals surface area (Å²) in [6, 6.07) is 7.12. The molecule has 0 aliphatic rings. The SMILES string of the molecule is CCOC(=O)[C@@H](CCC(=O)OC(C)(C)C)NC(=O)[C@@H](NC(=O)OCc1ccccc1)C(C)C. The summed E-state index contributed by atoms with van der Waals surface area (Å²) in [6.45, 7) is 10.5. The third kappa shape index (κ3) is 11.4. The van der Waals surface area contributed by atoms with Gasteiger partial charge >= 0.3 is 18.0 Å². The molecule has 0 fully saturated rings. The third-order valence-electron chi connectivity index (χ3n) is 4.38. The van der Waals surface area contributed by atoms with Gasteiger partial charge in [0.25, 0.3) is 0 Å². The quantitative estimate of drug-likeness (QED) is 0.381. The summed E-state index contributed by atoms with van der Waals surface area (Å²) in [6.07, 6.45) is -0.836. The van der Waals surface area contributed by atoms with Crippen molar-refractivity contribution in [3.05, 3.63) is 35.9 Å². The van der Waals surface area contributed by atoms with E-state index < -0.39 is 41.6 Å². The first-order valence-electron chi connectivity index (χ1n) is 11.1. The van der Waals surface area contributed by atoms with Crippen molar-refractivity contribution in [1.29, 1.82) is 0 Å². The number of carbonyl (C=O) groups excluding carboxylic acids is 4. The predicted octanol–water partition coefficient (Wildman–Crippen LogP) is 3.11. The number of esters is 2. The zero-order valence-electron chi connectivity index (χ0n) is 20.3. The van der Waals surface area contributed by atoms with E-state index in [1.165, 1.54) is 0 Å². The molecule has 2 amide bonds. The lowest BCUT2D eigenvalue weighted by Gasteiger charge is -2.25. The van der Waals surface area contributed by atoms with E-state index in [2.05, 4.69) is 10.6 Å². The summed E-state index contributed by atoms with van der Waals surface area (Å²) in [5.74, 6) is -2.02. The van der Waals surface area contributed by atoms with Gasteiger partial charge in [-0.1, -0.05) is 44.2 Å². The van der Waals surface area contributed by atoms with E-state index in [1.807, 2.05) is 30.3 Å². The number of nitrogens with one attached hydrogen (secondary N) is 2. The maximum absolute atomic E-state index is 12.9. The highest BCUT2D eigenvalue weighted by Gasteiger charge is 2.30. The van der Waals surface area contributed by atoms with Gasteiger partial charge in [0.2, 0.25) is 5.91 Å². The first-order chi connectivity index (χ1) is 15.4. The van der Waals surface area contributed by atoms with E-state index in [1.54, 1.807) is 41.5 Å². The number of hydrogen-bond acceptors (Lipinski definition) is 7. The lowest BCUT2D eigenvalue weighted by atomic mass is 10.0. The van der Waals surface area contributed by atoms with Crippen LogP contribution in [0.2, 0.25) is 0 Å². The second-order valence-electron chi connectivity index (χ2n) is 8.87. The smallest absolute Gasteiger partial charge is 0.408 e. The molecule has 0 bridgehead atoms. The normalized spacial score (nSPS) is 12.9. The van der Waals surface area contributed by atoms with Crippen molar-refractivity contribution in [2.45, 2.75) is 78.7 Å². The fourth-order valence-corrected chi connectivity index (χ4v) is 2.83. The summed E-state index contributed by atoms with van der Waals surface area (Å²) < 4.78 is 15.5. The molecule has 0 spiro atoms. The molecule has 2 N–H and O–H groups in total. The Kier molecular flexibility index (Phi) is 11.4. The van der Waals surface area contributed by atoms with Crippen LogP contribution in [0.3, 0.4) is 0 Å². The second kappa shape index (κ2) is 13.4. The van der Waals surface area contributed by atoms with Gasteiger partial charge in [0, 0.05) is 6.42 Å². The van der Waals surface area contributed by atoms with Crippen molar-refractivity contribution < 1.29 is 33.4 Å². The van der Waals surface area contributed by atoms with E-state index >= 15 is 0 Å². The molecule has 0 aliphatic carbocycles. The molecule has 0 heterocycles. The van der Waals surface area contributed by atoms with Gasteiger partial charge < -0.3 is 24.8 Å². The maximum Gasteiger partial charge on any atom is 0.408 e.